The van der Waals surface area contributed by atoms with Gasteiger partial charge in [-0.15, -0.1) is 0 Å². The molecule has 2 aliphatic heterocycles. The smallest absolute Gasteiger partial charge is 0.245 e. The van der Waals surface area contributed by atoms with E-state index in [0.29, 0.717) is 12.6 Å². The molecule has 204 valence electrons. The molecule has 1 aromatic carbocycles. The third kappa shape index (κ3) is 6.37. The molecule has 5 rings (SSSR count). The van der Waals surface area contributed by atoms with Crippen molar-refractivity contribution in [2.75, 3.05) is 32.7 Å². The van der Waals surface area contributed by atoms with Crippen molar-refractivity contribution in [1.82, 2.24) is 24.6 Å². The summed E-state index contributed by atoms with van der Waals surface area (Å²) in [6.07, 6.45) is 11.0. The van der Waals surface area contributed by atoms with Gasteiger partial charge in [0.2, 0.25) is 11.3 Å². The number of benzene rings is 1. The number of hydrazine groups is 1. The van der Waals surface area contributed by atoms with Crippen molar-refractivity contribution in [1.29, 1.82) is 0 Å². The molecule has 8 heteroatoms. The van der Waals surface area contributed by atoms with Gasteiger partial charge in [-0.25, -0.2) is 9.63 Å². The summed E-state index contributed by atoms with van der Waals surface area (Å²) in [6.45, 7) is 10.9. The number of allylic oxidation sites excluding steroid dienone is 2. The molecule has 0 bridgehead atoms. The number of rotatable bonds is 9. The number of fused-ring (bicyclic) bond motifs is 1. The van der Waals surface area contributed by atoms with E-state index >= 15 is 0 Å². The highest BCUT2D eigenvalue weighted by Crippen LogP contribution is 2.37. The second kappa shape index (κ2) is 12.5. The van der Waals surface area contributed by atoms with Crippen LogP contribution in [0.1, 0.15) is 82.5 Å². The highest BCUT2D eigenvalue weighted by molar-refractivity contribution is 7.77. The molecule has 1 aliphatic carbocycles. The van der Waals surface area contributed by atoms with Crippen LogP contribution >= 0.6 is 0 Å². The van der Waals surface area contributed by atoms with E-state index in [-0.39, 0.29) is 0 Å². The number of hydrogen-bond acceptors (Lipinski definition) is 4. The van der Waals surface area contributed by atoms with E-state index in [4.69, 9.17) is 4.55 Å². The first-order chi connectivity index (χ1) is 18.0. The maximum absolute atomic E-state index is 11.1. The first kappa shape index (κ1) is 27.0. The SMILES string of the molecule is CC(C)=C1CCC(N2CCC(n3c(CCNNS(=O)O)c(CN4CCCC4)c4ccccc43)CC2)CC1. The van der Waals surface area contributed by atoms with Crippen LogP contribution in [0.5, 0.6) is 0 Å². The molecule has 1 unspecified atom stereocenters. The van der Waals surface area contributed by atoms with Crippen LogP contribution in [0.2, 0.25) is 0 Å². The molecular formula is C29H45N5O2S. The number of piperidine rings is 1. The summed E-state index contributed by atoms with van der Waals surface area (Å²) >= 11 is -2.05. The highest BCUT2D eigenvalue weighted by atomic mass is 32.2. The molecule has 3 heterocycles. The second-order valence-corrected chi connectivity index (χ2v) is 12.1. The fourth-order valence-electron chi connectivity index (χ4n) is 7.03. The van der Waals surface area contributed by atoms with Crippen LogP contribution < -0.4 is 10.3 Å². The fraction of sp³-hybridized carbons (Fsp3) is 0.655. The number of nitrogens with zero attached hydrogens (tertiary/aromatic N) is 3. The maximum Gasteiger partial charge on any atom is 0.245 e. The molecular weight excluding hydrogens is 482 g/mol. The van der Waals surface area contributed by atoms with Gasteiger partial charge >= 0.3 is 0 Å². The Morgan fingerprint density at radius 3 is 2.38 bits per heavy atom. The van der Waals surface area contributed by atoms with E-state index < -0.39 is 11.3 Å². The zero-order chi connectivity index (χ0) is 25.8. The molecule has 2 saturated heterocycles. The highest BCUT2D eigenvalue weighted by Gasteiger charge is 2.31. The largest absolute Gasteiger partial charge is 0.341 e. The van der Waals surface area contributed by atoms with Gasteiger partial charge in [0, 0.05) is 61.3 Å². The monoisotopic (exact) mass is 527 g/mol. The molecule has 3 fully saturated rings. The van der Waals surface area contributed by atoms with Crippen LogP contribution in [0.4, 0.5) is 0 Å². The summed E-state index contributed by atoms with van der Waals surface area (Å²) in [5.41, 5.74) is 10.4. The van der Waals surface area contributed by atoms with Crippen molar-refractivity contribution in [2.24, 2.45) is 0 Å². The third-order valence-electron chi connectivity index (χ3n) is 9.00. The van der Waals surface area contributed by atoms with E-state index in [9.17, 15) is 4.21 Å². The number of aromatic nitrogens is 1. The van der Waals surface area contributed by atoms with Gasteiger partial charge in [0.25, 0.3) is 0 Å². The Hall–Kier alpha value is -1.55. The number of likely N-dealkylation sites (tertiary alicyclic amines) is 2. The lowest BCUT2D eigenvalue weighted by Crippen LogP contribution is -2.43. The van der Waals surface area contributed by atoms with Gasteiger partial charge in [-0.2, -0.15) is 4.83 Å². The van der Waals surface area contributed by atoms with Gasteiger partial charge < -0.3 is 9.47 Å². The van der Waals surface area contributed by atoms with Gasteiger partial charge in [0.1, 0.15) is 0 Å². The Balaban J connectivity index is 1.36. The van der Waals surface area contributed by atoms with E-state index in [2.05, 4.69) is 62.7 Å². The third-order valence-corrected chi connectivity index (χ3v) is 9.32. The van der Waals surface area contributed by atoms with E-state index in [0.717, 1.165) is 19.0 Å². The Kier molecular flexibility index (Phi) is 9.16. The van der Waals surface area contributed by atoms with Crippen molar-refractivity contribution < 1.29 is 8.76 Å². The molecule has 3 N–H and O–H groups in total. The van der Waals surface area contributed by atoms with Gasteiger partial charge in [0.05, 0.1) is 0 Å². The van der Waals surface area contributed by atoms with Gasteiger partial charge in [0.15, 0.2) is 0 Å². The predicted molar refractivity (Wildman–Crippen MR) is 153 cm³/mol. The summed E-state index contributed by atoms with van der Waals surface area (Å²) < 4.78 is 22.9. The molecule has 3 aliphatic rings. The fourth-order valence-corrected chi connectivity index (χ4v) is 7.26. The van der Waals surface area contributed by atoms with Gasteiger partial charge in [-0.3, -0.25) is 9.45 Å². The van der Waals surface area contributed by atoms with Gasteiger partial charge in [-0.05, 0) is 89.9 Å². The first-order valence-corrected chi connectivity index (χ1v) is 15.4. The predicted octanol–water partition coefficient (Wildman–Crippen LogP) is 4.93. The van der Waals surface area contributed by atoms with Crippen LogP contribution in [0.15, 0.2) is 35.4 Å². The minimum absolute atomic E-state index is 0.500. The van der Waals surface area contributed by atoms with Crippen LogP contribution in [-0.2, 0) is 24.2 Å². The lowest BCUT2D eigenvalue weighted by Gasteiger charge is -2.41. The van der Waals surface area contributed by atoms with Crippen molar-refractivity contribution in [3.05, 3.63) is 46.7 Å². The maximum atomic E-state index is 11.1. The summed E-state index contributed by atoms with van der Waals surface area (Å²) in [5, 5.41) is 1.38. The molecule has 0 amide bonds. The summed E-state index contributed by atoms with van der Waals surface area (Å²) in [6, 6.07) is 10.2. The molecule has 0 spiro atoms. The average Bonchev–Trinajstić information content (AvgIpc) is 3.53. The number of nitrogens with one attached hydrogen (secondary N) is 2. The average molecular weight is 528 g/mol. The minimum atomic E-state index is -2.05. The van der Waals surface area contributed by atoms with Crippen molar-refractivity contribution in [3.8, 4) is 0 Å². The number of para-hydroxylation sites is 1. The van der Waals surface area contributed by atoms with Crippen molar-refractivity contribution >= 4 is 22.2 Å². The standard InChI is InChI=1S/C29H45N5O2S/c1-22(2)23-9-11-24(12-10-23)33-19-14-25(15-20-33)34-28-8-4-3-7-26(28)27(21-32-17-5-6-18-32)29(34)13-16-30-31-37(35)36/h3-4,7-8,24-25,30-31H,5-6,9-21H2,1-2H3,(H,35,36). The van der Waals surface area contributed by atoms with Crippen molar-refractivity contribution in [2.45, 2.75) is 90.3 Å². The molecule has 1 saturated carbocycles. The quantitative estimate of drug-likeness (QED) is 0.187. The summed E-state index contributed by atoms with van der Waals surface area (Å²) in [4.78, 5) is 7.81. The minimum Gasteiger partial charge on any atom is -0.341 e. The lowest BCUT2D eigenvalue weighted by molar-refractivity contribution is 0.116. The van der Waals surface area contributed by atoms with Crippen LogP contribution in [0.3, 0.4) is 0 Å². The zero-order valence-electron chi connectivity index (χ0n) is 22.7. The Labute approximate surface area is 225 Å². The Morgan fingerprint density at radius 2 is 1.70 bits per heavy atom. The normalized spacial score (nSPS) is 23.2. The summed E-state index contributed by atoms with van der Waals surface area (Å²) in [5.74, 6) is 0. The number of hydrogen-bond donors (Lipinski definition) is 3. The first-order valence-electron chi connectivity index (χ1n) is 14.3. The summed E-state index contributed by atoms with van der Waals surface area (Å²) in [7, 11) is 0. The molecule has 1 aromatic heterocycles. The second-order valence-electron chi connectivity index (χ2n) is 11.4. The van der Waals surface area contributed by atoms with Crippen LogP contribution in [0, 0.1) is 0 Å². The van der Waals surface area contributed by atoms with E-state index in [1.807, 2.05) is 0 Å². The lowest BCUT2D eigenvalue weighted by atomic mass is 9.86. The van der Waals surface area contributed by atoms with Crippen molar-refractivity contribution in [3.63, 3.8) is 0 Å². The molecule has 37 heavy (non-hydrogen) atoms. The van der Waals surface area contributed by atoms with Crippen LogP contribution in [0.25, 0.3) is 10.9 Å². The Bertz CT molecular complexity index is 1100. The van der Waals surface area contributed by atoms with Gasteiger partial charge in [-0.1, -0.05) is 29.3 Å². The molecule has 1 atom stereocenters. The van der Waals surface area contributed by atoms with E-state index in [1.54, 1.807) is 5.57 Å². The molecule has 2 aromatic rings. The molecule has 7 nitrogen and oxygen atoms in total. The molecule has 0 radical (unpaired) electrons. The topological polar surface area (TPSA) is 72.8 Å². The zero-order valence-corrected chi connectivity index (χ0v) is 23.5. The van der Waals surface area contributed by atoms with E-state index in [1.165, 1.54) is 105 Å². The van der Waals surface area contributed by atoms with Crippen LogP contribution in [-0.4, -0.2) is 61.9 Å². The Morgan fingerprint density at radius 1 is 1.00 bits per heavy atom.